The van der Waals surface area contributed by atoms with Crippen molar-refractivity contribution in [1.82, 2.24) is 9.80 Å². The summed E-state index contributed by atoms with van der Waals surface area (Å²) < 4.78 is 0. The topological polar surface area (TPSA) is 46.9 Å². The Labute approximate surface area is 173 Å². The van der Waals surface area contributed by atoms with Gasteiger partial charge in [-0.2, -0.15) is 0 Å². The van der Waals surface area contributed by atoms with E-state index < -0.39 is 0 Å². The first-order chi connectivity index (χ1) is 12.2. The standard InChI is InChI=1S/C18H20Cl4N2O2/c1-23(2)3-4-24(9-11-5-13(19)7-15(21)17(11)25)10-12-6-14(20)8-16(22)18(12)26/h5-8,25-26H,3-4,9-10H2,1-2H3. The van der Waals surface area contributed by atoms with E-state index in [4.69, 9.17) is 46.4 Å². The smallest absolute Gasteiger partial charge is 0.138 e. The number of hydrogen-bond acceptors (Lipinski definition) is 4. The van der Waals surface area contributed by atoms with Gasteiger partial charge in [-0.05, 0) is 38.4 Å². The molecule has 2 N–H and O–H groups in total. The predicted octanol–water partition coefficient (Wildman–Crippen LogP) is 5.28. The Morgan fingerprint density at radius 1 is 0.731 bits per heavy atom. The fourth-order valence-corrected chi connectivity index (χ4v) is 3.59. The molecule has 0 fully saturated rings. The van der Waals surface area contributed by atoms with Crippen LogP contribution in [0.5, 0.6) is 11.5 Å². The molecule has 0 saturated heterocycles. The number of phenolic OH excluding ortho intramolecular Hbond substituents is 2. The highest BCUT2D eigenvalue weighted by atomic mass is 35.5. The average molecular weight is 438 g/mol. The van der Waals surface area contributed by atoms with E-state index in [0.29, 0.717) is 40.8 Å². The lowest BCUT2D eigenvalue weighted by Crippen LogP contribution is -2.31. The average Bonchev–Trinajstić information content (AvgIpc) is 2.54. The summed E-state index contributed by atoms with van der Waals surface area (Å²) in [6.45, 7) is 2.25. The molecule has 0 saturated carbocycles. The van der Waals surface area contributed by atoms with Gasteiger partial charge in [-0.1, -0.05) is 46.4 Å². The van der Waals surface area contributed by atoms with Crippen LogP contribution in [-0.2, 0) is 13.1 Å². The van der Waals surface area contributed by atoms with Crippen molar-refractivity contribution in [3.8, 4) is 11.5 Å². The zero-order chi connectivity index (χ0) is 19.4. The minimum Gasteiger partial charge on any atom is -0.506 e. The molecule has 0 heterocycles. The van der Waals surface area contributed by atoms with Crippen molar-refractivity contribution in [3.63, 3.8) is 0 Å². The van der Waals surface area contributed by atoms with Gasteiger partial charge in [-0.25, -0.2) is 0 Å². The summed E-state index contributed by atoms with van der Waals surface area (Å²) in [6.07, 6.45) is 0. The molecule has 8 heteroatoms. The van der Waals surface area contributed by atoms with Gasteiger partial charge in [0.25, 0.3) is 0 Å². The Morgan fingerprint density at radius 2 is 1.15 bits per heavy atom. The van der Waals surface area contributed by atoms with Crippen LogP contribution in [-0.4, -0.2) is 47.2 Å². The second-order valence-electron chi connectivity index (χ2n) is 6.30. The first-order valence-electron chi connectivity index (χ1n) is 7.88. The number of halogens is 4. The molecule has 2 aromatic rings. The zero-order valence-electron chi connectivity index (χ0n) is 14.4. The van der Waals surface area contributed by atoms with Crippen molar-refractivity contribution >= 4 is 46.4 Å². The number of rotatable bonds is 7. The van der Waals surface area contributed by atoms with E-state index in [-0.39, 0.29) is 21.5 Å². The van der Waals surface area contributed by atoms with E-state index >= 15 is 0 Å². The van der Waals surface area contributed by atoms with Crippen molar-refractivity contribution in [1.29, 1.82) is 0 Å². The minimum atomic E-state index is -0.000678. The van der Waals surface area contributed by atoms with Crippen molar-refractivity contribution in [3.05, 3.63) is 55.5 Å². The van der Waals surface area contributed by atoms with E-state index in [0.717, 1.165) is 6.54 Å². The maximum Gasteiger partial charge on any atom is 0.138 e. The number of likely N-dealkylation sites (N-methyl/N-ethyl adjacent to an activating group) is 1. The third-order valence-corrected chi connectivity index (χ3v) is 4.88. The van der Waals surface area contributed by atoms with Crippen LogP contribution in [0.2, 0.25) is 20.1 Å². The Morgan fingerprint density at radius 3 is 1.54 bits per heavy atom. The SMILES string of the molecule is CN(C)CCN(Cc1cc(Cl)cc(Cl)c1O)Cc1cc(Cl)cc(Cl)c1O. The number of hydrogen-bond donors (Lipinski definition) is 2. The van der Waals surface area contributed by atoms with Gasteiger partial charge in [-0.3, -0.25) is 4.90 Å². The summed E-state index contributed by atoms with van der Waals surface area (Å²) in [5.74, 6) is -0.00136. The van der Waals surface area contributed by atoms with Crippen LogP contribution in [0, 0.1) is 0 Å². The third-order valence-electron chi connectivity index (χ3n) is 3.87. The lowest BCUT2D eigenvalue weighted by Gasteiger charge is -2.25. The van der Waals surface area contributed by atoms with Crippen molar-refractivity contribution in [2.24, 2.45) is 0 Å². The van der Waals surface area contributed by atoms with Crippen LogP contribution < -0.4 is 0 Å². The molecule has 26 heavy (non-hydrogen) atoms. The van der Waals surface area contributed by atoms with Gasteiger partial charge in [0.2, 0.25) is 0 Å². The van der Waals surface area contributed by atoms with Crippen molar-refractivity contribution in [2.75, 3.05) is 27.2 Å². The molecule has 2 aromatic carbocycles. The normalized spacial score (nSPS) is 11.5. The summed E-state index contributed by atoms with van der Waals surface area (Å²) in [4.78, 5) is 4.09. The van der Waals surface area contributed by atoms with Crippen LogP contribution in [0.1, 0.15) is 11.1 Å². The van der Waals surface area contributed by atoms with E-state index in [2.05, 4.69) is 0 Å². The van der Waals surface area contributed by atoms with E-state index in [9.17, 15) is 10.2 Å². The predicted molar refractivity (Wildman–Crippen MR) is 109 cm³/mol. The molecule has 0 aliphatic heterocycles. The Bertz CT molecular complexity index is 725. The van der Waals surface area contributed by atoms with Gasteiger partial charge >= 0.3 is 0 Å². The summed E-state index contributed by atoms with van der Waals surface area (Å²) in [5, 5.41) is 21.8. The van der Waals surface area contributed by atoms with Gasteiger partial charge in [0.05, 0.1) is 10.0 Å². The van der Waals surface area contributed by atoms with Crippen molar-refractivity contribution in [2.45, 2.75) is 13.1 Å². The number of phenols is 2. The van der Waals surface area contributed by atoms with Crippen LogP contribution in [0.25, 0.3) is 0 Å². The fraction of sp³-hybridized carbons (Fsp3) is 0.333. The van der Waals surface area contributed by atoms with Crippen LogP contribution >= 0.6 is 46.4 Å². The van der Waals surface area contributed by atoms with E-state index in [1.54, 1.807) is 12.1 Å². The molecule has 0 atom stereocenters. The molecule has 0 unspecified atom stereocenters. The molecule has 0 aliphatic carbocycles. The molecule has 0 bridgehead atoms. The Kier molecular flexibility index (Phi) is 7.71. The molecule has 0 aliphatic rings. The summed E-state index contributed by atoms with van der Waals surface area (Å²) >= 11 is 24.2. The lowest BCUT2D eigenvalue weighted by atomic mass is 10.1. The number of benzene rings is 2. The highest BCUT2D eigenvalue weighted by Gasteiger charge is 2.16. The maximum absolute atomic E-state index is 10.2. The first-order valence-corrected chi connectivity index (χ1v) is 9.39. The molecule has 4 nitrogen and oxygen atoms in total. The second-order valence-corrected chi connectivity index (χ2v) is 7.99. The monoisotopic (exact) mass is 436 g/mol. The Balaban J connectivity index is 2.30. The van der Waals surface area contributed by atoms with E-state index in [1.165, 1.54) is 12.1 Å². The Hall–Kier alpha value is -0.880. The molecule has 2 rings (SSSR count). The van der Waals surface area contributed by atoms with E-state index in [1.807, 2.05) is 23.9 Å². The van der Waals surface area contributed by atoms with Gasteiger partial charge in [0.15, 0.2) is 0 Å². The van der Waals surface area contributed by atoms with Crippen LogP contribution in [0.4, 0.5) is 0 Å². The zero-order valence-corrected chi connectivity index (χ0v) is 17.5. The van der Waals surface area contributed by atoms with Gasteiger partial charge < -0.3 is 15.1 Å². The van der Waals surface area contributed by atoms with Crippen LogP contribution in [0.3, 0.4) is 0 Å². The maximum atomic E-state index is 10.2. The molecular formula is C18H20Cl4N2O2. The number of nitrogens with zero attached hydrogens (tertiary/aromatic N) is 2. The highest BCUT2D eigenvalue weighted by molar-refractivity contribution is 6.36. The largest absolute Gasteiger partial charge is 0.506 e. The molecule has 0 aromatic heterocycles. The minimum absolute atomic E-state index is 0.000678. The number of aromatic hydroxyl groups is 2. The fourth-order valence-electron chi connectivity index (χ4n) is 2.52. The second kappa shape index (κ2) is 9.36. The molecule has 0 amide bonds. The summed E-state index contributed by atoms with van der Waals surface area (Å²) in [7, 11) is 3.94. The first kappa shape index (κ1) is 21.4. The third kappa shape index (κ3) is 5.81. The summed E-state index contributed by atoms with van der Waals surface area (Å²) in [6, 6.07) is 6.34. The van der Waals surface area contributed by atoms with Gasteiger partial charge in [0, 0.05) is 47.4 Å². The molecule has 0 radical (unpaired) electrons. The van der Waals surface area contributed by atoms with Crippen molar-refractivity contribution < 1.29 is 10.2 Å². The van der Waals surface area contributed by atoms with Crippen LogP contribution in [0.15, 0.2) is 24.3 Å². The lowest BCUT2D eigenvalue weighted by molar-refractivity contribution is 0.221. The molecule has 142 valence electrons. The highest BCUT2D eigenvalue weighted by Crippen LogP contribution is 2.34. The molecular weight excluding hydrogens is 418 g/mol. The van der Waals surface area contributed by atoms with Gasteiger partial charge in [-0.15, -0.1) is 0 Å². The summed E-state index contributed by atoms with van der Waals surface area (Å²) in [5.41, 5.74) is 1.21. The van der Waals surface area contributed by atoms with Gasteiger partial charge in [0.1, 0.15) is 11.5 Å². The quantitative estimate of drug-likeness (QED) is 0.618. The molecule has 0 spiro atoms.